The first-order chi connectivity index (χ1) is 8.06. The summed E-state index contributed by atoms with van der Waals surface area (Å²) in [6.45, 7) is 2.78. The van der Waals surface area contributed by atoms with Crippen molar-refractivity contribution in [2.24, 2.45) is 0 Å². The highest BCUT2D eigenvalue weighted by molar-refractivity contribution is 5.74. The van der Waals surface area contributed by atoms with Crippen molar-refractivity contribution in [3.63, 3.8) is 0 Å². The summed E-state index contributed by atoms with van der Waals surface area (Å²) in [5.74, 6) is -1.46. The van der Waals surface area contributed by atoms with Crippen LogP contribution in [0.1, 0.15) is 25.1 Å². The lowest BCUT2D eigenvalue weighted by Crippen LogP contribution is -2.40. The third kappa shape index (κ3) is 2.79. The van der Waals surface area contributed by atoms with Gasteiger partial charge in [0.25, 0.3) is 0 Å². The molecule has 4 nitrogen and oxygen atoms in total. The van der Waals surface area contributed by atoms with Crippen molar-refractivity contribution in [1.29, 1.82) is 0 Å². The fourth-order valence-electron chi connectivity index (χ4n) is 1.39. The van der Waals surface area contributed by atoms with E-state index in [-0.39, 0.29) is 5.69 Å². The summed E-state index contributed by atoms with van der Waals surface area (Å²) in [7, 11) is 0. The minimum atomic E-state index is -4.50. The summed E-state index contributed by atoms with van der Waals surface area (Å²) in [4.78, 5) is 14.3. The van der Waals surface area contributed by atoms with Gasteiger partial charge in [-0.25, -0.2) is 4.79 Å². The summed E-state index contributed by atoms with van der Waals surface area (Å²) in [6.07, 6.45) is -5.63. The van der Waals surface area contributed by atoms with Crippen molar-refractivity contribution >= 4 is 5.97 Å². The molecule has 7 heteroatoms. The minimum absolute atomic E-state index is 0.0744. The number of aromatic nitrogens is 1. The van der Waals surface area contributed by atoms with Gasteiger partial charge in [0, 0.05) is 17.3 Å². The predicted molar refractivity (Wildman–Crippen MR) is 55.9 cm³/mol. The molecule has 1 aromatic rings. The Morgan fingerprint density at radius 3 is 2.22 bits per heavy atom. The minimum Gasteiger partial charge on any atom is -0.479 e. The normalized spacial score (nSPS) is 14.3. The van der Waals surface area contributed by atoms with Crippen LogP contribution in [0.3, 0.4) is 0 Å². The molecule has 0 aliphatic carbocycles. The van der Waals surface area contributed by atoms with Gasteiger partial charge in [-0.05, 0) is 12.1 Å². The maximum absolute atomic E-state index is 12.3. The molecule has 1 rings (SSSR count). The van der Waals surface area contributed by atoms with Crippen molar-refractivity contribution < 1.29 is 28.2 Å². The number of hydrogen-bond donors (Lipinski definition) is 2. The van der Waals surface area contributed by atoms with E-state index in [9.17, 15) is 23.1 Å². The van der Waals surface area contributed by atoms with E-state index >= 15 is 0 Å². The molecule has 0 aliphatic heterocycles. The van der Waals surface area contributed by atoms with Gasteiger partial charge in [-0.15, -0.1) is 0 Å². The second-order valence-electron chi connectivity index (χ2n) is 4.39. The summed E-state index contributed by atoms with van der Waals surface area (Å²) >= 11 is 0. The molecule has 0 saturated heterocycles. The lowest BCUT2D eigenvalue weighted by atomic mass is 9.82. The average molecular weight is 263 g/mol. The number of carboxylic acids is 1. The van der Waals surface area contributed by atoms with E-state index in [1.807, 2.05) is 0 Å². The van der Waals surface area contributed by atoms with Gasteiger partial charge in [0.15, 0.2) is 6.10 Å². The monoisotopic (exact) mass is 263 g/mol. The zero-order valence-corrected chi connectivity index (χ0v) is 9.69. The first kappa shape index (κ1) is 14.4. The number of hydrogen-bond acceptors (Lipinski definition) is 3. The van der Waals surface area contributed by atoms with Crippen LogP contribution in [0.5, 0.6) is 0 Å². The van der Waals surface area contributed by atoms with Crippen molar-refractivity contribution in [2.45, 2.75) is 31.5 Å². The largest absolute Gasteiger partial charge is 0.479 e. The molecule has 1 heterocycles. The van der Waals surface area contributed by atoms with Crippen LogP contribution in [0.4, 0.5) is 13.2 Å². The Bertz CT molecular complexity index is 440. The molecule has 0 amide bonds. The summed E-state index contributed by atoms with van der Waals surface area (Å²) in [5, 5.41) is 18.2. The standard InChI is InChI=1S/C11H12F3NO3/c1-10(2,8(16)9(17)18)7-4-3-6(5-15-7)11(12,13)14/h3-5,8,16H,1-2H3,(H,17,18). The smallest absolute Gasteiger partial charge is 0.417 e. The number of pyridine rings is 1. The van der Waals surface area contributed by atoms with Crippen LogP contribution in [0.2, 0.25) is 0 Å². The second-order valence-corrected chi connectivity index (χ2v) is 4.39. The molecule has 0 fully saturated rings. The molecule has 0 radical (unpaired) electrons. The molecule has 1 atom stereocenters. The third-order valence-corrected chi connectivity index (χ3v) is 2.67. The van der Waals surface area contributed by atoms with Crippen molar-refractivity contribution in [1.82, 2.24) is 4.98 Å². The molecule has 2 N–H and O–H groups in total. The molecule has 1 unspecified atom stereocenters. The highest BCUT2D eigenvalue weighted by Crippen LogP contribution is 2.31. The number of nitrogens with zero attached hydrogens (tertiary/aromatic N) is 1. The Morgan fingerprint density at radius 2 is 1.89 bits per heavy atom. The molecule has 0 spiro atoms. The quantitative estimate of drug-likeness (QED) is 0.872. The van der Waals surface area contributed by atoms with E-state index in [2.05, 4.69) is 4.98 Å². The predicted octanol–water partition coefficient (Wildman–Crippen LogP) is 1.82. The van der Waals surface area contributed by atoms with Gasteiger partial charge < -0.3 is 10.2 Å². The SMILES string of the molecule is CC(C)(c1ccc(C(F)(F)F)cn1)C(O)C(=O)O. The van der Waals surface area contributed by atoms with Gasteiger partial charge in [0.2, 0.25) is 0 Å². The Labute approximate surface area is 101 Å². The number of carbonyl (C=O) groups is 1. The van der Waals surface area contributed by atoms with Crippen LogP contribution < -0.4 is 0 Å². The average Bonchev–Trinajstić information content (AvgIpc) is 2.26. The van der Waals surface area contributed by atoms with E-state index in [1.165, 1.54) is 13.8 Å². The van der Waals surface area contributed by atoms with Gasteiger partial charge >= 0.3 is 12.1 Å². The van der Waals surface area contributed by atoms with E-state index in [0.29, 0.717) is 6.20 Å². The maximum atomic E-state index is 12.3. The van der Waals surface area contributed by atoms with Crippen molar-refractivity contribution in [2.75, 3.05) is 0 Å². The number of aliphatic carboxylic acids is 1. The van der Waals surface area contributed by atoms with E-state index in [4.69, 9.17) is 5.11 Å². The molecule has 0 saturated carbocycles. The lowest BCUT2D eigenvalue weighted by molar-refractivity contribution is -0.150. The van der Waals surface area contributed by atoms with Gasteiger partial charge in [0.1, 0.15) is 0 Å². The topological polar surface area (TPSA) is 70.4 Å². The molecule has 0 bridgehead atoms. The van der Waals surface area contributed by atoms with Crippen molar-refractivity contribution in [3.8, 4) is 0 Å². The summed E-state index contributed by atoms with van der Waals surface area (Å²) in [5.41, 5.74) is -2.13. The first-order valence-corrected chi connectivity index (χ1v) is 5.01. The maximum Gasteiger partial charge on any atom is 0.417 e. The van der Waals surface area contributed by atoms with Crippen LogP contribution in [-0.4, -0.2) is 27.3 Å². The molecule has 100 valence electrons. The fourth-order valence-corrected chi connectivity index (χ4v) is 1.39. The molecule has 1 aromatic heterocycles. The molecule has 0 aliphatic rings. The molecular formula is C11H12F3NO3. The van der Waals surface area contributed by atoms with E-state index in [1.54, 1.807) is 0 Å². The first-order valence-electron chi connectivity index (χ1n) is 5.01. The van der Waals surface area contributed by atoms with E-state index < -0.39 is 29.2 Å². The second kappa shape index (κ2) is 4.56. The van der Waals surface area contributed by atoms with Crippen LogP contribution in [0.15, 0.2) is 18.3 Å². The lowest BCUT2D eigenvalue weighted by Gasteiger charge is -2.27. The number of halogens is 3. The number of alkyl halides is 3. The van der Waals surface area contributed by atoms with E-state index in [0.717, 1.165) is 12.1 Å². The summed E-state index contributed by atoms with van der Waals surface area (Å²) < 4.78 is 37.0. The highest BCUT2D eigenvalue weighted by Gasteiger charge is 2.37. The van der Waals surface area contributed by atoms with Crippen LogP contribution >= 0.6 is 0 Å². The van der Waals surface area contributed by atoms with Gasteiger partial charge in [-0.1, -0.05) is 13.8 Å². The Kier molecular flexibility index (Phi) is 3.66. The van der Waals surface area contributed by atoms with Gasteiger partial charge in [0.05, 0.1) is 5.56 Å². The van der Waals surface area contributed by atoms with Crippen LogP contribution in [0, 0.1) is 0 Å². The number of aliphatic hydroxyl groups is 1. The Morgan fingerprint density at radius 1 is 1.33 bits per heavy atom. The van der Waals surface area contributed by atoms with Crippen molar-refractivity contribution in [3.05, 3.63) is 29.6 Å². The third-order valence-electron chi connectivity index (χ3n) is 2.67. The van der Waals surface area contributed by atoms with Crippen LogP contribution in [0.25, 0.3) is 0 Å². The molecule has 0 aromatic carbocycles. The summed E-state index contributed by atoms with van der Waals surface area (Å²) in [6, 6.07) is 1.87. The molecule has 18 heavy (non-hydrogen) atoms. The Hall–Kier alpha value is -1.63. The number of rotatable bonds is 3. The zero-order chi connectivity index (χ0) is 14.1. The number of carboxylic acid groups (broad SMARTS) is 1. The fraction of sp³-hybridized carbons (Fsp3) is 0.455. The van der Waals surface area contributed by atoms with Gasteiger partial charge in [-0.3, -0.25) is 4.98 Å². The highest BCUT2D eigenvalue weighted by atomic mass is 19.4. The van der Waals surface area contributed by atoms with Crippen LogP contribution in [-0.2, 0) is 16.4 Å². The molecular weight excluding hydrogens is 251 g/mol. The Balaban J connectivity index is 3.08. The number of aliphatic hydroxyl groups excluding tert-OH is 1. The zero-order valence-electron chi connectivity index (χ0n) is 9.69. The van der Waals surface area contributed by atoms with Gasteiger partial charge in [-0.2, -0.15) is 13.2 Å².